The Bertz CT molecular complexity index is 825. The standard InChI is InChI=1S/C15H17FN2O4S/c1-5-6(2)13(16)17-14-7(5)3-8(15(23)18-14)12-11(21)10(20)9(4-19)22-12/h3,9-12,19-21H,4H2,1-2H3,(H,17,18,23)/t9-,10?,11?,12+/m1/s1. The smallest absolute Gasteiger partial charge is 0.218 e. The largest absolute Gasteiger partial charge is 0.394 e. The molecule has 3 rings (SSSR count). The van der Waals surface area contributed by atoms with Gasteiger partial charge in [-0.25, -0.2) is 4.98 Å². The summed E-state index contributed by atoms with van der Waals surface area (Å²) < 4.78 is 19.5. The molecule has 1 aliphatic rings. The first-order valence-electron chi connectivity index (χ1n) is 7.17. The van der Waals surface area contributed by atoms with Crippen LogP contribution >= 0.6 is 12.2 Å². The minimum atomic E-state index is -1.21. The third kappa shape index (κ3) is 2.56. The van der Waals surface area contributed by atoms with Crippen molar-refractivity contribution in [3.63, 3.8) is 0 Å². The minimum Gasteiger partial charge on any atom is -0.394 e. The fraction of sp³-hybridized carbons (Fsp3) is 0.467. The molecule has 1 aliphatic heterocycles. The van der Waals surface area contributed by atoms with E-state index in [9.17, 15) is 19.7 Å². The summed E-state index contributed by atoms with van der Waals surface area (Å²) >= 11 is 5.25. The van der Waals surface area contributed by atoms with Crippen molar-refractivity contribution < 1.29 is 24.4 Å². The number of hydrogen-bond donors (Lipinski definition) is 4. The Hall–Kier alpha value is -1.45. The number of nitrogens with zero attached hydrogens (tertiary/aromatic N) is 1. The van der Waals surface area contributed by atoms with Gasteiger partial charge in [-0.05, 0) is 25.5 Å². The Labute approximate surface area is 136 Å². The second kappa shape index (κ2) is 5.88. The molecule has 0 saturated carbocycles. The summed E-state index contributed by atoms with van der Waals surface area (Å²) in [4.78, 5) is 6.69. The molecule has 23 heavy (non-hydrogen) atoms. The summed E-state index contributed by atoms with van der Waals surface area (Å²) in [5.41, 5.74) is 1.90. The lowest BCUT2D eigenvalue weighted by atomic mass is 10.0. The molecule has 6 nitrogen and oxygen atoms in total. The summed E-state index contributed by atoms with van der Waals surface area (Å²) in [6.45, 7) is 2.98. The molecule has 4 N–H and O–H groups in total. The number of pyridine rings is 2. The molecule has 0 amide bonds. The molecule has 2 aromatic heterocycles. The Morgan fingerprint density at radius 2 is 2.00 bits per heavy atom. The molecule has 124 valence electrons. The number of aliphatic hydroxyl groups is 3. The van der Waals surface area contributed by atoms with E-state index in [1.54, 1.807) is 19.9 Å². The molecule has 2 aromatic rings. The van der Waals surface area contributed by atoms with Gasteiger partial charge in [-0.1, -0.05) is 12.2 Å². The number of aryl methyl sites for hydroxylation is 1. The minimum absolute atomic E-state index is 0.238. The van der Waals surface area contributed by atoms with Gasteiger partial charge in [-0.3, -0.25) is 0 Å². The number of fused-ring (bicyclic) bond motifs is 1. The molecule has 4 atom stereocenters. The van der Waals surface area contributed by atoms with E-state index < -0.39 is 37.0 Å². The lowest BCUT2D eigenvalue weighted by Gasteiger charge is -2.16. The first-order chi connectivity index (χ1) is 10.8. The summed E-state index contributed by atoms with van der Waals surface area (Å²) in [7, 11) is 0. The van der Waals surface area contributed by atoms with E-state index in [4.69, 9.17) is 17.0 Å². The van der Waals surface area contributed by atoms with Crippen LogP contribution in [0.1, 0.15) is 22.8 Å². The predicted molar refractivity (Wildman–Crippen MR) is 83.1 cm³/mol. The maximum Gasteiger partial charge on any atom is 0.218 e. The van der Waals surface area contributed by atoms with E-state index in [1.807, 2.05) is 0 Å². The number of aliphatic hydroxyl groups excluding tert-OH is 3. The van der Waals surface area contributed by atoms with E-state index in [0.29, 0.717) is 27.7 Å². The second-order valence-corrected chi connectivity index (χ2v) is 6.14. The Morgan fingerprint density at radius 1 is 1.30 bits per heavy atom. The van der Waals surface area contributed by atoms with Crippen LogP contribution in [0.5, 0.6) is 0 Å². The van der Waals surface area contributed by atoms with Crippen LogP contribution < -0.4 is 0 Å². The average molecular weight is 340 g/mol. The topological polar surface area (TPSA) is 98.6 Å². The van der Waals surface area contributed by atoms with Gasteiger partial charge < -0.3 is 25.0 Å². The molecule has 1 fully saturated rings. The molecule has 3 heterocycles. The molecule has 8 heteroatoms. The lowest BCUT2D eigenvalue weighted by Crippen LogP contribution is -2.32. The van der Waals surface area contributed by atoms with Crippen LogP contribution in [0.3, 0.4) is 0 Å². The van der Waals surface area contributed by atoms with Gasteiger partial charge >= 0.3 is 0 Å². The zero-order chi connectivity index (χ0) is 16.9. The van der Waals surface area contributed by atoms with Crippen LogP contribution in [0.4, 0.5) is 4.39 Å². The Balaban J connectivity index is 2.16. The number of H-pyrrole nitrogens is 1. The molecule has 0 radical (unpaired) electrons. The van der Waals surface area contributed by atoms with E-state index in [0.717, 1.165) is 0 Å². The molecule has 0 bridgehead atoms. The zero-order valence-corrected chi connectivity index (χ0v) is 13.4. The normalized spacial score (nSPS) is 27.7. The second-order valence-electron chi connectivity index (χ2n) is 5.73. The van der Waals surface area contributed by atoms with Crippen molar-refractivity contribution in [1.29, 1.82) is 0 Å². The summed E-state index contributed by atoms with van der Waals surface area (Å²) in [5, 5.41) is 29.9. The van der Waals surface area contributed by atoms with Crippen molar-refractivity contribution in [1.82, 2.24) is 9.97 Å². The van der Waals surface area contributed by atoms with Gasteiger partial charge in [0.25, 0.3) is 0 Å². The number of aromatic nitrogens is 2. The zero-order valence-electron chi connectivity index (χ0n) is 12.6. The quantitative estimate of drug-likeness (QED) is 0.484. The number of halogens is 1. The summed E-state index contributed by atoms with van der Waals surface area (Å²) in [5.74, 6) is -0.568. The van der Waals surface area contributed by atoms with Crippen molar-refractivity contribution in [2.75, 3.05) is 6.61 Å². The molecular formula is C15H17FN2O4S. The molecule has 0 aliphatic carbocycles. The van der Waals surface area contributed by atoms with Crippen molar-refractivity contribution in [3.8, 4) is 0 Å². The van der Waals surface area contributed by atoms with Crippen LogP contribution in [-0.4, -0.2) is 50.2 Å². The van der Waals surface area contributed by atoms with Crippen LogP contribution in [0, 0.1) is 24.4 Å². The number of ether oxygens (including phenoxy) is 1. The van der Waals surface area contributed by atoms with Crippen LogP contribution in [-0.2, 0) is 4.74 Å². The molecule has 0 spiro atoms. The highest BCUT2D eigenvalue weighted by atomic mass is 32.1. The van der Waals surface area contributed by atoms with Gasteiger partial charge in [0, 0.05) is 16.5 Å². The predicted octanol–water partition coefficient (Wildman–Crippen LogP) is 1.20. The van der Waals surface area contributed by atoms with E-state index in [2.05, 4.69) is 9.97 Å². The molecular weight excluding hydrogens is 323 g/mol. The lowest BCUT2D eigenvalue weighted by molar-refractivity contribution is -0.0229. The van der Waals surface area contributed by atoms with Crippen LogP contribution in [0.15, 0.2) is 6.07 Å². The van der Waals surface area contributed by atoms with Crippen LogP contribution in [0.2, 0.25) is 0 Å². The van der Waals surface area contributed by atoms with Gasteiger partial charge in [-0.15, -0.1) is 0 Å². The highest BCUT2D eigenvalue weighted by Gasteiger charge is 2.43. The molecule has 1 saturated heterocycles. The third-order valence-electron chi connectivity index (χ3n) is 4.38. The first kappa shape index (κ1) is 16.4. The van der Waals surface area contributed by atoms with Gasteiger partial charge in [0.05, 0.1) is 6.61 Å². The average Bonchev–Trinajstić information content (AvgIpc) is 2.80. The van der Waals surface area contributed by atoms with E-state index in [1.165, 1.54) is 0 Å². The summed E-state index contributed by atoms with van der Waals surface area (Å²) in [6.07, 6.45) is -4.17. The monoisotopic (exact) mass is 340 g/mol. The molecule has 2 unspecified atom stereocenters. The van der Waals surface area contributed by atoms with Gasteiger partial charge in [-0.2, -0.15) is 4.39 Å². The fourth-order valence-electron chi connectivity index (χ4n) is 2.82. The Kier molecular flexibility index (Phi) is 4.19. The first-order valence-corrected chi connectivity index (χ1v) is 7.58. The number of aromatic amines is 1. The van der Waals surface area contributed by atoms with Gasteiger partial charge in [0.1, 0.15) is 34.7 Å². The highest BCUT2D eigenvalue weighted by Crippen LogP contribution is 2.35. The van der Waals surface area contributed by atoms with E-state index in [-0.39, 0.29) is 4.64 Å². The number of hydrogen-bond acceptors (Lipinski definition) is 6. The van der Waals surface area contributed by atoms with Crippen LogP contribution in [0.25, 0.3) is 11.0 Å². The van der Waals surface area contributed by atoms with Crippen molar-refractivity contribution in [3.05, 3.63) is 33.3 Å². The van der Waals surface area contributed by atoms with Crippen molar-refractivity contribution in [2.45, 2.75) is 38.3 Å². The fourth-order valence-corrected chi connectivity index (χ4v) is 3.09. The Morgan fingerprint density at radius 3 is 2.61 bits per heavy atom. The molecule has 0 aromatic carbocycles. The number of nitrogens with one attached hydrogen (secondary N) is 1. The van der Waals surface area contributed by atoms with Crippen molar-refractivity contribution in [2.24, 2.45) is 0 Å². The number of rotatable bonds is 2. The SMILES string of the molecule is Cc1c(F)nc2[nH]c(=S)c([C@@H]3O[C@H](CO)C(O)C3O)cc2c1C. The third-order valence-corrected chi connectivity index (χ3v) is 4.72. The highest BCUT2D eigenvalue weighted by molar-refractivity contribution is 7.71. The maximum atomic E-state index is 13.8. The van der Waals surface area contributed by atoms with Gasteiger partial charge in [0.15, 0.2) is 0 Å². The van der Waals surface area contributed by atoms with Gasteiger partial charge in [0.2, 0.25) is 5.95 Å². The van der Waals surface area contributed by atoms with E-state index >= 15 is 0 Å². The van der Waals surface area contributed by atoms with Crippen molar-refractivity contribution >= 4 is 23.3 Å². The maximum absolute atomic E-state index is 13.8. The summed E-state index contributed by atoms with van der Waals surface area (Å²) in [6, 6.07) is 1.68.